The fraction of sp³-hybridized carbons (Fsp3) is 0.286. The number of carbonyl (C=O) groups excluding carboxylic acids is 1. The number of halogens is 2. The van der Waals surface area contributed by atoms with Crippen molar-refractivity contribution in [3.63, 3.8) is 0 Å². The number of hydrogen-bond donors (Lipinski definition) is 1. The zero-order valence-corrected chi connectivity index (χ0v) is 20.5. The SMILES string of the molecule is Cc1ccc(F)cc1[C@@H](Oc1ccc2c(cnn2-c2ccc(F)cc2)c1)C(C)NC(=O)C(C)(C)C. The molecular weight excluding hydrogens is 448 g/mol. The summed E-state index contributed by atoms with van der Waals surface area (Å²) in [6.07, 6.45) is 1.08. The summed E-state index contributed by atoms with van der Waals surface area (Å²) in [5.41, 5.74) is 2.51. The first-order valence-corrected chi connectivity index (χ1v) is 11.5. The number of ether oxygens (including phenoxy) is 1. The maximum atomic E-state index is 14.2. The van der Waals surface area contributed by atoms with Crippen molar-refractivity contribution in [2.75, 3.05) is 0 Å². The van der Waals surface area contributed by atoms with Crippen LogP contribution >= 0.6 is 0 Å². The highest BCUT2D eigenvalue weighted by Gasteiger charge is 2.29. The van der Waals surface area contributed by atoms with Crippen LogP contribution in [-0.4, -0.2) is 21.7 Å². The average molecular weight is 478 g/mol. The van der Waals surface area contributed by atoms with Gasteiger partial charge < -0.3 is 10.1 Å². The van der Waals surface area contributed by atoms with Crippen LogP contribution in [0.15, 0.2) is 66.9 Å². The number of fused-ring (bicyclic) bond motifs is 1. The van der Waals surface area contributed by atoms with Gasteiger partial charge in [0.2, 0.25) is 5.91 Å². The van der Waals surface area contributed by atoms with E-state index in [2.05, 4.69) is 10.4 Å². The Kier molecular flexibility index (Phi) is 6.61. The molecule has 0 saturated heterocycles. The molecule has 1 aromatic heterocycles. The van der Waals surface area contributed by atoms with E-state index in [0.717, 1.165) is 22.2 Å². The predicted octanol–water partition coefficient (Wildman–Crippen LogP) is 6.28. The molecule has 4 aromatic rings. The highest BCUT2D eigenvalue weighted by Crippen LogP contribution is 2.31. The summed E-state index contributed by atoms with van der Waals surface area (Å²) in [6.45, 7) is 9.25. The monoisotopic (exact) mass is 477 g/mol. The summed E-state index contributed by atoms with van der Waals surface area (Å²) in [5.74, 6) is -0.248. The lowest BCUT2D eigenvalue weighted by Gasteiger charge is -2.30. The van der Waals surface area contributed by atoms with Crippen molar-refractivity contribution in [1.82, 2.24) is 15.1 Å². The molecule has 7 heteroatoms. The number of carbonyl (C=O) groups is 1. The van der Waals surface area contributed by atoms with Crippen LogP contribution in [0.5, 0.6) is 5.75 Å². The molecule has 1 heterocycles. The number of aryl methyl sites for hydroxylation is 1. The quantitative estimate of drug-likeness (QED) is 0.355. The molecule has 1 amide bonds. The first kappa shape index (κ1) is 24.4. The smallest absolute Gasteiger partial charge is 0.225 e. The van der Waals surface area contributed by atoms with Crippen LogP contribution < -0.4 is 10.1 Å². The Balaban J connectivity index is 1.68. The van der Waals surface area contributed by atoms with Crippen LogP contribution in [0.1, 0.15) is 44.9 Å². The van der Waals surface area contributed by atoms with Crippen molar-refractivity contribution in [3.8, 4) is 11.4 Å². The minimum atomic E-state index is -0.624. The zero-order valence-electron chi connectivity index (χ0n) is 20.5. The van der Waals surface area contributed by atoms with Crippen LogP contribution in [0.2, 0.25) is 0 Å². The topological polar surface area (TPSA) is 56.1 Å². The van der Waals surface area contributed by atoms with E-state index in [0.29, 0.717) is 11.3 Å². The molecule has 2 atom stereocenters. The Morgan fingerprint density at radius 1 is 1.00 bits per heavy atom. The van der Waals surface area contributed by atoms with E-state index in [1.807, 2.05) is 52.8 Å². The van der Waals surface area contributed by atoms with Crippen molar-refractivity contribution in [2.45, 2.75) is 46.8 Å². The van der Waals surface area contributed by atoms with Gasteiger partial charge in [-0.3, -0.25) is 4.79 Å². The van der Waals surface area contributed by atoms with Crippen molar-refractivity contribution >= 4 is 16.8 Å². The number of aromatic nitrogens is 2. The van der Waals surface area contributed by atoms with Gasteiger partial charge >= 0.3 is 0 Å². The molecule has 1 unspecified atom stereocenters. The summed E-state index contributed by atoms with van der Waals surface area (Å²) >= 11 is 0. The van der Waals surface area contributed by atoms with Gasteiger partial charge in [0.25, 0.3) is 0 Å². The Bertz CT molecular complexity index is 1360. The van der Waals surface area contributed by atoms with E-state index in [4.69, 9.17) is 4.74 Å². The number of benzene rings is 3. The standard InChI is InChI=1S/C28H29F2N3O2/c1-17-6-7-21(30)15-24(17)26(18(2)32-27(34)28(3,4)5)35-23-12-13-25-19(14-23)16-31-33(25)22-10-8-20(29)9-11-22/h6-16,18,26H,1-5H3,(H,32,34)/t18?,26-/m0/s1. The van der Waals surface area contributed by atoms with Crippen LogP contribution in [0, 0.1) is 24.0 Å². The predicted molar refractivity (Wildman–Crippen MR) is 133 cm³/mol. The van der Waals surface area contributed by atoms with E-state index in [-0.39, 0.29) is 17.5 Å². The van der Waals surface area contributed by atoms with Crippen LogP contribution in [0.3, 0.4) is 0 Å². The van der Waals surface area contributed by atoms with E-state index in [1.165, 1.54) is 24.3 Å². The highest BCUT2D eigenvalue weighted by molar-refractivity contribution is 5.82. The molecule has 3 aromatic carbocycles. The van der Waals surface area contributed by atoms with Gasteiger partial charge in [-0.15, -0.1) is 0 Å². The number of rotatable bonds is 6. The van der Waals surface area contributed by atoms with E-state index in [9.17, 15) is 13.6 Å². The van der Waals surface area contributed by atoms with Gasteiger partial charge in [0.15, 0.2) is 0 Å². The summed E-state index contributed by atoms with van der Waals surface area (Å²) in [5, 5.41) is 8.28. The second-order valence-corrected chi connectivity index (χ2v) is 9.80. The first-order valence-electron chi connectivity index (χ1n) is 11.5. The maximum absolute atomic E-state index is 14.2. The molecule has 0 saturated carbocycles. The second-order valence-electron chi connectivity index (χ2n) is 9.80. The third-order valence-electron chi connectivity index (χ3n) is 5.92. The second kappa shape index (κ2) is 9.49. The van der Waals surface area contributed by atoms with Gasteiger partial charge in [0.05, 0.1) is 23.4 Å². The van der Waals surface area contributed by atoms with Gasteiger partial charge in [0, 0.05) is 16.4 Å². The lowest BCUT2D eigenvalue weighted by molar-refractivity contribution is -0.129. The Hall–Kier alpha value is -3.74. The molecule has 0 aliphatic heterocycles. The van der Waals surface area contributed by atoms with Gasteiger partial charge in [-0.1, -0.05) is 26.8 Å². The Morgan fingerprint density at radius 2 is 1.69 bits per heavy atom. The van der Waals surface area contributed by atoms with Gasteiger partial charge in [-0.25, -0.2) is 13.5 Å². The van der Waals surface area contributed by atoms with Crippen LogP contribution in [0.4, 0.5) is 8.78 Å². The Morgan fingerprint density at radius 3 is 2.37 bits per heavy atom. The first-order chi connectivity index (χ1) is 16.5. The van der Waals surface area contributed by atoms with E-state index < -0.39 is 17.6 Å². The van der Waals surface area contributed by atoms with E-state index in [1.54, 1.807) is 29.1 Å². The summed E-state index contributed by atoms with van der Waals surface area (Å²) in [4.78, 5) is 12.7. The molecule has 0 fully saturated rings. The van der Waals surface area contributed by atoms with Crippen LogP contribution in [0.25, 0.3) is 16.6 Å². The molecule has 35 heavy (non-hydrogen) atoms. The summed E-state index contributed by atoms with van der Waals surface area (Å²) in [7, 11) is 0. The summed E-state index contributed by atoms with van der Waals surface area (Å²) < 4.78 is 35.6. The number of hydrogen-bond acceptors (Lipinski definition) is 3. The van der Waals surface area contributed by atoms with Crippen molar-refractivity contribution in [3.05, 3.63) is 89.6 Å². The number of nitrogens with one attached hydrogen (secondary N) is 1. The van der Waals surface area contributed by atoms with Crippen molar-refractivity contribution in [1.29, 1.82) is 0 Å². The third kappa shape index (κ3) is 5.34. The molecule has 0 aliphatic carbocycles. The largest absolute Gasteiger partial charge is 0.484 e. The molecule has 5 nitrogen and oxygen atoms in total. The fourth-order valence-corrected chi connectivity index (χ4v) is 3.87. The fourth-order valence-electron chi connectivity index (χ4n) is 3.87. The number of nitrogens with zero attached hydrogens (tertiary/aromatic N) is 2. The average Bonchev–Trinajstić information content (AvgIpc) is 3.22. The minimum Gasteiger partial charge on any atom is -0.484 e. The van der Waals surface area contributed by atoms with Crippen molar-refractivity contribution in [2.24, 2.45) is 5.41 Å². The third-order valence-corrected chi connectivity index (χ3v) is 5.92. The minimum absolute atomic E-state index is 0.122. The Labute approximate surface area is 203 Å². The number of amides is 1. The molecule has 1 N–H and O–H groups in total. The lowest BCUT2D eigenvalue weighted by atomic mass is 9.93. The summed E-state index contributed by atoms with van der Waals surface area (Å²) in [6, 6.07) is 15.8. The molecular formula is C28H29F2N3O2. The molecule has 182 valence electrons. The van der Waals surface area contributed by atoms with Crippen molar-refractivity contribution < 1.29 is 18.3 Å². The van der Waals surface area contributed by atoms with Crippen LogP contribution in [-0.2, 0) is 4.79 Å². The maximum Gasteiger partial charge on any atom is 0.225 e. The van der Waals surface area contributed by atoms with Gasteiger partial charge in [0.1, 0.15) is 23.5 Å². The molecule has 0 aliphatic rings. The highest BCUT2D eigenvalue weighted by atomic mass is 19.1. The van der Waals surface area contributed by atoms with Gasteiger partial charge in [-0.2, -0.15) is 5.10 Å². The van der Waals surface area contributed by atoms with Gasteiger partial charge in [-0.05, 0) is 74.0 Å². The molecule has 0 radical (unpaired) electrons. The normalized spacial score (nSPS) is 13.5. The zero-order chi connectivity index (χ0) is 25.3. The molecule has 4 rings (SSSR count). The molecule has 0 spiro atoms. The van der Waals surface area contributed by atoms with E-state index >= 15 is 0 Å². The molecule has 0 bridgehead atoms. The lowest BCUT2D eigenvalue weighted by Crippen LogP contribution is -2.44.